The van der Waals surface area contributed by atoms with Crippen LogP contribution < -0.4 is 4.74 Å². The second-order valence-corrected chi connectivity index (χ2v) is 5.92. The number of H-pyrrole nitrogens is 1. The SMILES string of the molecule is COc1ccc(Cl)cc1-c1[nH]c2ccc(Br)cc2c1C=O. The van der Waals surface area contributed by atoms with Crippen LogP contribution in [0.15, 0.2) is 40.9 Å². The van der Waals surface area contributed by atoms with Crippen molar-refractivity contribution in [3.8, 4) is 17.0 Å². The van der Waals surface area contributed by atoms with Gasteiger partial charge in [0.2, 0.25) is 0 Å². The van der Waals surface area contributed by atoms with Crippen LogP contribution in [-0.4, -0.2) is 18.4 Å². The van der Waals surface area contributed by atoms with Crippen LogP contribution in [0.5, 0.6) is 5.75 Å². The Balaban J connectivity index is 2.35. The molecule has 2 aromatic carbocycles. The molecule has 0 bridgehead atoms. The Morgan fingerprint density at radius 2 is 2.05 bits per heavy atom. The number of hydrogen-bond acceptors (Lipinski definition) is 2. The number of fused-ring (bicyclic) bond motifs is 1. The number of halogens is 2. The molecule has 3 nitrogen and oxygen atoms in total. The van der Waals surface area contributed by atoms with Gasteiger partial charge in [-0.2, -0.15) is 0 Å². The zero-order valence-corrected chi connectivity index (χ0v) is 13.5. The first-order chi connectivity index (χ1) is 10.1. The second kappa shape index (κ2) is 5.54. The molecule has 0 radical (unpaired) electrons. The van der Waals surface area contributed by atoms with Crippen LogP contribution >= 0.6 is 27.5 Å². The number of aromatic nitrogens is 1. The maximum atomic E-state index is 11.6. The standard InChI is InChI=1S/C16H11BrClNO2/c1-21-15-5-3-10(18)7-12(15)16-13(8-20)11-6-9(17)2-4-14(11)19-16/h2-8,19H,1H3. The fourth-order valence-corrected chi connectivity index (χ4v) is 2.93. The Hall–Kier alpha value is -1.78. The third-order valence-electron chi connectivity index (χ3n) is 3.35. The maximum Gasteiger partial charge on any atom is 0.152 e. The van der Waals surface area contributed by atoms with E-state index in [4.69, 9.17) is 16.3 Å². The van der Waals surface area contributed by atoms with E-state index in [-0.39, 0.29) is 0 Å². The minimum absolute atomic E-state index is 0.586. The lowest BCUT2D eigenvalue weighted by Gasteiger charge is -2.08. The molecular formula is C16H11BrClNO2. The van der Waals surface area contributed by atoms with Crippen molar-refractivity contribution in [2.45, 2.75) is 0 Å². The average molecular weight is 365 g/mol. The van der Waals surface area contributed by atoms with E-state index in [1.165, 1.54) is 0 Å². The van der Waals surface area contributed by atoms with E-state index in [0.29, 0.717) is 22.0 Å². The van der Waals surface area contributed by atoms with Crippen molar-refractivity contribution in [1.29, 1.82) is 0 Å². The van der Waals surface area contributed by atoms with Gasteiger partial charge < -0.3 is 9.72 Å². The largest absolute Gasteiger partial charge is 0.496 e. The van der Waals surface area contributed by atoms with Crippen molar-refractivity contribution < 1.29 is 9.53 Å². The molecule has 0 saturated carbocycles. The Kier molecular flexibility index (Phi) is 3.74. The Morgan fingerprint density at radius 3 is 2.76 bits per heavy atom. The number of carbonyl (C=O) groups excluding carboxylic acids is 1. The van der Waals surface area contributed by atoms with Gasteiger partial charge in [0.25, 0.3) is 0 Å². The van der Waals surface area contributed by atoms with E-state index in [9.17, 15) is 4.79 Å². The summed E-state index contributed by atoms with van der Waals surface area (Å²) in [7, 11) is 1.59. The van der Waals surface area contributed by atoms with Crippen LogP contribution in [0, 0.1) is 0 Å². The topological polar surface area (TPSA) is 42.1 Å². The number of ether oxygens (including phenoxy) is 1. The maximum absolute atomic E-state index is 11.6. The highest BCUT2D eigenvalue weighted by molar-refractivity contribution is 9.10. The summed E-state index contributed by atoms with van der Waals surface area (Å²) in [5.74, 6) is 0.660. The van der Waals surface area contributed by atoms with Crippen molar-refractivity contribution in [3.63, 3.8) is 0 Å². The summed E-state index contributed by atoms with van der Waals surface area (Å²) in [6.45, 7) is 0. The number of rotatable bonds is 3. The van der Waals surface area contributed by atoms with Crippen LogP contribution in [0.3, 0.4) is 0 Å². The quantitative estimate of drug-likeness (QED) is 0.659. The molecule has 0 aliphatic rings. The molecule has 1 aromatic heterocycles. The molecule has 0 unspecified atom stereocenters. The summed E-state index contributed by atoms with van der Waals surface area (Å²) in [5, 5.41) is 1.44. The van der Waals surface area contributed by atoms with Gasteiger partial charge in [-0.25, -0.2) is 0 Å². The van der Waals surface area contributed by atoms with Gasteiger partial charge in [0, 0.05) is 31.5 Å². The predicted molar refractivity (Wildman–Crippen MR) is 88.4 cm³/mol. The van der Waals surface area contributed by atoms with Gasteiger partial charge >= 0.3 is 0 Å². The fraction of sp³-hybridized carbons (Fsp3) is 0.0625. The zero-order valence-electron chi connectivity index (χ0n) is 11.1. The summed E-state index contributed by atoms with van der Waals surface area (Å²) in [6.07, 6.45) is 0.848. The first-order valence-corrected chi connectivity index (χ1v) is 7.41. The first-order valence-electron chi connectivity index (χ1n) is 6.24. The summed E-state index contributed by atoms with van der Waals surface area (Å²) >= 11 is 9.50. The van der Waals surface area contributed by atoms with Crippen LogP contribution in [0.4, 0.5) is 0 Å². The van der Waals surface area contributed by atoms with Crippen LogP contribution in [0.25, 0.3) is 22.2 Å². The molecule has 0 atom stereocenters. The van der Waals surface area contributed by atoms with Crippen LogP contribution in [-0.2, 0) is 0 Å². The number of benzene rings is 2. The summed E-state index contributed by atoms with van der Waals surface area (Å²) in [5.41, 5.74) is 2.95. The molecule has 0 saturated heterocycles. The van der Waals surface area contributed by atoms with Crippen molar-refractivity contribution in [2.75, 3.05) is 7.11 Å². The van der Waals surface area contributed by atoms with Gasteiger partial charge in [-0.15, -0.1) is 0 Å². The van der Waals surface area contributed by atoms with Gasteiger partial charge in [0.15, 0.2) is 6.29 Å². The highest BCUT2D eigenvalue weighted by atomic mass is 79.9. The molecule has 106 valence electrons. The normalized spacial score (nSPS) is 10.8. The summed E-state index contributed by atoms with van der Waals surface area (Å²) in [4.78, 5) is 14.8. The molecule has 21 heavy (non-hydrogen) atoms. The number of aromatic amines is 1. The number of aldehydes is 1. The van der Waals surface area contributed by atoms with Crippen molar-refractivity contribution in [2.24, 2.45) is 0 Å². The monoisotopic (exact) mass is 363 g/mol. The third-order valence-corrected chi connectivity index (χ3v) is 4.08. The van der Waals surface area contributed by atoms with Crippen LogP contribution in [0.2, 0.25) is 5.02 Å². The van der Waals surface area contributed by atoms with Crippen molar-refractivity contribution in [1.82, 2.24) is 4.98 Å². The van der Waals surface area contributed by atoms with Gasteiger partial charge in [0.05, 0.1) is 12.8 Å². The zero-order chi connectivity index (χ0) is 15.0. The Morgan fingerprint density at radius 1 is 1.24 bits per heavy atom. The van der Waals surface area contributed by atoms with Crippen molar-refractivity contribution >= 4 is 44.7 Å². The van der Waals surface area contributed by atoms with Gasteiger partial charge in [0.1, 0.15) is 5.75 Å². The third kappa shape index (κ3) is 2.45. The molecular weight excluding hydrogens is 354 g/mol. The number of nitrogens with one attached hydrogen (secondary N) is 1. The number of methoxy groups -OCH3 is 1. The van der Waals surface area contributed by atoms with Gasteiger partial charge in [-0.05, 0) is 36.4 Å². The minimum Gasteiger partial charge on any atom is -0.496 e. The molecule has 3 rings (SSSR count). The van der Waals surface area contributed by atoms with E-state index in [2.05, 4.69) is 20.9 Å². The molecule has 1 N–H and O–H groups in total. The van der Waals surface area contributed by atoms with E-state index in [0.717, 1.165) is 27.2 Å². The highest BCUT2D eigenvalue weighted by Crippen LogP contribution is 2.37. The number of carbonyl (C=O) groups is 1. The van der Waals surface area contributed by atoms with E-state index in [1.54, 1.807) is 25.3 Å². The fourth-order valence-electron chi connectivity index (χ4n) is 2.40. The lowest BCUT2D eigenvalue weighted by Crippen LogP contribution is -1.91. The predicted octanol–water partition coefficient (Wildman–Crippen LogP) is 5.07. The second-order valence-electron chi connectivity index (χ2n) is 4.57. The average Bonchev–Trinajstić information content (AvgIpc) is 2.84. The van der Waals surface area contributed by atoms with Gasteiger partial charge in [-0.3, -0.25) is 4.79 Å². The summed E-state index contributed by atoms with van der Waals surface area (Å²) < 4.78 is 6.29. The highest BCUT2D eigenvalue weighted by Gasteiger charge is 2.16. The number of hydrogen-bond donors (Lipinski definition) is 1. The smallest absolute Gasteiger partial charge is 0.152 e. The molecule has 0 fully saturated rings. The summed E-state index contributed by atoms with van der Waals surface area (Å²) in [6, 6.07) is 11.1. The molecule has 5 heteroatoms. The van der Waals surface area contributed by atoms with E-state index in [1.807, 2.05) is 18.2 Å². The van der Waals surface area contributed by atoms with Gasteiger partial charge in [-0.1, -0.05) is 27.5 Å². The van der Waals surface area contributed by atoms with E-state index >= 15 is 0 Å². The van der Waals surface area contributed by atoms with E-state index < -0.39 is 0 Å². The molecule has 3 aromatic rings. The molecule has 0 spiro atoms. The Labute approximate surface area is 135 Å². The molecule has 0 aliphatic carbocycles. The molecule has 0 aliphatic heterocycles. The first kappa shape index (κ1) is 14.2. The Bertz CT molecular complexity index is 842. The minimum atomic E-state index is 0.586. The van der Waals surface area contributed by atoms with Crippen LogP contribution in [0.1, 0.15) is 10.4 Å². The lowest BCUT2D eigenvalue weighted by atomic mass is 10.1. The lowest BCUT2D eigenvalue weighted by molar-refractivity contribution is 0.112. The molecule has 1 heterocycles. The van der Waals surface area contributed by atoms with Crippen molar-refractivity contribution in [3.05, 3.63) is 51.5 Å². The molecule has 0 amide bonds.